The molecular formula is C16H19NO5S. The SMILES string of the molecule is COc1ccc2c(c1)C(=O)CC1(CCN(S(=O)(=O)C3CC3)C1)O2. The molecule has 1 saturated carbocycles. The second-order valence-corrected chi connectivity index (χ2v) is 8.79. The number of fused-ring (bicyclic) bond motifs is 1. The van der Waals surface area contributed by atoms with E-state index < -0.39 is 15.6 Å². The van der Waals surface area contributed by atoms with E-state index in [1.54, 1.807) is 25.3 Å². The summed E-state index contributed by atoms with van der Waals surface area (Å²) in [5.41, 5.74) is -0.209. The molecule has 1 atom stereocenters. The fraction of sp³-hybridized carbons (Fsp3) is 0.562. The fourth-order valence-corrected chi connectivity index (χ4v) is 5.34. The summed E-state index contributed by atoms with van der Waals surface area (Å²) in [5.74, 6) is 1.12. The van der Waals surface area contributed by atoms with Crippen LogP contribution in [-0.4, -0.2) is 49.6 Å². The van der Waals surface area contributed by atoms with Crippen LogP contribution in [0.25, 0.3) is 0 Å². The van der Waals surface area contributed by atoms with Crippen LogP contribution < -0.4 is 9.47 Å². The molecule has 23 heavy (non-hydrogen) atoms. The summed E-state index contributed by atoms with van der Waals surface area (Å²) < 4.78 is 37.5. The minimum Gasteiger partial charge on any atom is -0.497 e. The van der Waals surface area contributed by atoms with Gasteiger partial charge in [-0.1, -0.05) is 0 Å². The molecule has 2 fully saturated rings. The van der Waals surface area contributed by atoms with Crippen LogP contribution in [-0.2, 0) is 10.0 Å². The van der Waals surface area contributed by atoms with E-state index in [1.165, 1.54) is 4.31 Å². The number of hydrogen-bond acceptors (Lipinski definition) is 5. The van der Waals surface area contributed by atoms with Crippen molar-refractivity contribution in [2.75, 3.05) is 20.2 Å². The number of benzene rings is 1. The Morgan fingerprint density at radius 1 is 1.35 bits per heavy atom. The summed E-state index contributed by atoms with van der Waals surface area (Å²) in [7, 11) is -1.67. The van der Waals surface area contributed by atoms with Crippen molar-refractivity contribution in [3.8, 4) is 11.5 Å². The van der Waals surface area contributed by atoms with E-state index in [4.69, 9.17) is 9.47 Å². The molecule has 1 aromatic rings. The van der Waals surface area contributed by atoms with Crippen LogP contribution in [0.2, 0.25) is 0 Å². The molecule has 1 unspecified atom stereocenters. The second-order valence-electron chi connectivity index (χ2n) is 6.57. The summed E-state index contributed by atoms with van der Waals surface area (Å²) in [6.45, 7) is 0.695. The standard InChI is InChI=1S/C16H19NO5S/c1-21-11-2-5-15-13(8-11)14(18)9-16(22-15)6-7-17(10-16)23(19,20)12-3-4-12/h2,5,8,12H,3-4,6-7,9-10H2,1H3. The smallest absolute Gasteiger partial charge is 0.217 e. The number of carbonyl (C=O) groups excluding carboxylic acids is 1. The number of nitrogens with zero attached hydrogens (tertiary/aromatic N) is 1. The highest BCUT2D eigenvalue weighted by molar-refractivity contribution is 7.90. The van der Waals surface area contributed by atoms with E-state index in [2.05, 4.69) is 0 Å². The van der Waals surface area contributed by atoms with E-state index in [0.717, 1.165) is 12.8 Å². The van der Waals surface area contributed by atoms with E-state index in [0.29, 0.717) is 30.0 Å². The van der Waals surface area contributed by atoms with Gasteiger partial charge in [-0.3, -0.25) is 4.79 Å². The zero-order valence-electron chi connectivity index (χ0n) is 12.9. The molecule has 7 heteroatoms. The van der Waals surface area contributed by atoms with Crippen molar-refractivity contribution < 1.29 is 22.7 Å². The molecule has 6 nitrogen and oxygen atoms in total. The van der Waals surface area contributed by atoms with Crippen molar-refractivity contribution in [2.24, 2.45) is 0 Å². The highest BCUT2D eigenvalue weighted by Gasteiger charge is 2.51. The Labute approximate surface area is 135 Å². The predicted molar refractivity (Wildman–Crippen MR) is 83.4 cm³/mol. The average Bonchev–Trinajstić information content (AvgIpc) is 3.31. The predicted octanol–water partition coefficient (Wildman–Crippen LogP) is 1.60. The Bertz CT molecular complexity index is 771. The first-order valence-electron chi connectivity index (χ1n) is 7.83. The van der Waals surface area contributed by atoms with Gasteiger partial charge in [0.25, 0.3) is 0 Å². The third kappa shape index (κ3) is 2.42. The van der Waals surface area contributed by atoms with Gasteiger partial charge in [0.2, 0.25) is 10.0 Å². The van der Waals surface area contributed by atoms with E-state index in [-0.39, 0.29) is 24.0 Å². The summed E-state index contributed by atoms with van der Waals surface area (Å²) >= 11 is 0. The maximum Gasteiger partial charge on any atom is 0.217 e. The highest BCUT2D eigenvalue weighted by atomic mass is 32.2. The Morgan fingerprint density at radius 3 is 2.83 bits per heavy atom. The zero-order chi connectivity index (χ0) is 16.2. The first-order valence-corrected chi connectivity index (χ1v) is 9.33. The number of carbonyl (C=O) groups is 1. The molecular weight excluding hydrogens is 318 g/mol. The molecule has 1 aromatic carbocycles. The average molecular weight is 337 g/mol. The number of ether oxygens (including phenoxy) is 2. The molecule has 3 aliphatic rings. The number of methoxy groups -OCH3 is 1. The van der Waals surface area contributed by atoms with Gasteiger partial charge in [0.1, 0.15) is 17.1 Å². The van der Waals surface area contributed by atoms with Gasteiger partial charge in [-0.05, 0) is 31.0 Å². The molecule has 1 aliphatic carbocycles. The molecule has 4 rings (SSSR count). The fourth-order valence-electron chi connectivity index (χ4n) is 3.43. The van der Waals surface area contributed by atoms with E-state index >= 15 is 0 Å². The molecule has 1 spiro atoms. The Balaban J connectivity index is 1.60. The Hall–Kier alpha value is -1.60. The monoisotopic (exact) mass is 337 g/mol. The molecule has 0 amide bonds. The minimum absolute atomic E-state index is 0.0178. The molecule has 0 N–H and O–H groups in total. The zero-order valence-corrected chi connectivity index (χ0v) is 13.8. The van der Waals surface area contributed by atoms with Crippen molar-refractivity contribution in [3.63, 3.8) is 0 Å². The lowest BCUT2D eigenvalue weighted by molar-refractivity contribution is 0.0497. The molecule has 0 aromatic heterocycles. The van der Waals surface area contributed by atoms with Crippen molar-refractivity contribution in [1.29, 1.82) is 0 Å². The number of rotatable bonds is 3. The van der Waals surface area contributed by atoms with Crippen molar-refractivity contribution in [3.05, 3.63) is 23.8 Å². The van der Waals surface area contributed by atoms with Gasteiger partial charge in [0.15, 0.2) is 5.78 Å². The normalized spacial score (nSPS) is 27.8. The highest BCUT2D eigenvalue weighted by Crippen LogP contribution is 2.42. The van der Waals surface area contributed by atoms with Gasteiger partial charge in [-0.2, -0.15) is 4.31 Å². The molecule has 1 saturated heterocycles. The quantitative estimate of drug-likeness (QED) is 0.838. The van der Waals surface area contributed by atoms with Gasteiger partial charge < -0.3 is 9.47 Å². The molecule has 2 aliphatic heterocycles. The van der Waals surface area contributed by atoms with Crippen molar-refractivity contribution >= 4 is 15.8 Å². The lowest BCUT2D eigenvalue weighted by atomic mass is 9.89. The first-order chi connectivity index (χ1) is 10.9. The van der Waals surface area contributed by atoms with Crippen LogP contribution in [0.5, 0.6) is 11.5 Å². The number of sulfonamides is 1. The van der Waals surface area contributed by atoms with Crippen LogP contribution in [0.4, 0.5) is 0 Å². The van der Waals surface area contributed by atoms with Gasteiger partial charge >= 0.3 is 0 Å². The van der Waals surface area contributed by atoms with Gasteiger partial charge in [0.05, 0.1) is 30.9 Å². The topological polar surface area (TPSA) is 72.9 Å². The number of Topliss-reactive ketones (excluding diaryl/α,β-unsaturated/α-hetero) is 1. The van der Waals surface area contributed by atoms with Gasteiger partial charge in [0, 0.05) is 13.0 Å². The van der Waals surface area contributed by atoms with Crippen LogP contribution in [0.15, 0.2) is 18.2 Å². The molecule has 2 heterocycles. The first kappa shape index (κ1) is 15.0. The number of ketones is 1. The Kier molecular flexibility index (Phi) is 3.22. The largest absolute Gasteiger partial charge is 0.497 e. The maximum absolute atomic E-state index is 12.5. The second kappa shape index (κ2) is 4.95. The third-order valence-corrected chi connectivity index (χ3v) is 7.23. The Morgan fingerprint density at radius 2 is 2.13 bits per heavy atom. The van der Waals surface area contributed by atoms with Crippen LogP contribution in [0.1, 0.15) is 36.0 Å². The lowest BCUT2D eigenvalue weighted by Crippen LogP contribution is -2.45. The van der Waals surface area contributed by atoms with Crippen molar-refractivity contribution in [1.82, 2.24) is 4.31 Å². The lowest BCUT2D eigenvalue weighted by Gasteiger charge is -2.34. The summed E-state index contributed by atoms with van der Waals surface area (Å²) in [4.78, 5) is 12.5. The van der Waals surface area contributed by atoms with Gasteiger partial charge in [-0.25, -0.2) is 8.42 Å². The van der Waals surface area contributed by atoms with Crippen LogP contribution in [0, 0.1) is 0 Å². The van der Waals surface area contributed by atoms with E-state index in [1.807, 2.05) is 0 Å². The molecule has 124 valence electrons. The molecule has 0 bridgehead atoms. The van der Waals surface area contributed by atoms with Crippen LogP contribution >= 0.6 is 0 Å². The van der Waals surface area contributed by atoms with Gasteiger partial charge in [-0.15, -0.1) is 0 Å². The summed E-state index contributed by atoms with van der Waals surface area (Å²) in [5, 5.41) is -0.228. The number of hydrogen-bond donors (Lipinski definition) is 0. The minimum atomic E-state index is -3.22. The van der Waals surface area contributed by atoms with Crippen LogP contribution in [0.3, 0.4) is 0 Å². The maximum atomic E-state index is 12.5. The summed E-state index contributed by atoms with van der Waals surface area (Å²) in [6.07, 6.45) is 2.25. The summed E-state index contributed by atoms with van der Waals surface area (Å²) in [6, 6.07) is 5.15. The third-order valence-electron chi connectivity index (χ3n) is 4.88. The molecule has 0 radical (unpaired) electrons. The van der Waals surface area contributed by atoms with E-state index in [9.17, 15) is 13.2 Å². The van der Waals surface area contributed by atoms with Crippen molar-refractivity contribution in [2.45, 2.75) is 36.5 Å².